The number of carbonyl (C=O) groups is 1. The van der Waals surface area contributed by atoms with Gasteiger partial charge < -0.3 is 10.0 Å². The minimum absolute atomic E-state index is 0.261. The Bertz CT molecular complexity index is 1700. The van der Waals surface area contributed by atoms with Crippen LogP contribution in [-0.2, 0) is 15.0 Å². The average Bonchev–Trinajstić information content (AvgIpc) is 3.49. The molecule has 0 radical (unpaired) electrons. The SMILES string of the molecule is C[C@@H](NS(=O)(=O)N1CCN(c2ccc(C#Cc3ccc4cccc(/C=C/c5nn[nH]n5)c4c3)cc2)CC1)C(=O)O. The smallest absolute Gasteiger partial charge is 0.321 e. The summed E-state index contributed by atoms with van der Waals surface area (Å²) in [6, 6.07) is 18.8. The largest absolute Gasteiger partial charge is 0.480 e. The molecule has 3 N–H and O–H groups in total. The van der Waals surface area contributed by atoms with Crippen LogP contribution in [0.2, 0.25) is 0 Å². The highest BCUT2D eigenvalue weighted by Gasteiger charge is 2.29. The summed E-state index contributed by atoms with van der Waals surface area (Å²) < 4.78 is 28.4. The van der Waals surface area contributed by atoms with Crippen LogP contribution >= 0.6 is 0 Å². The number of aromatic amines is 1. The lowest BCUT2D eigenvalue weighted by atomic mass is 10.0. The number of H-pyrrole nitrogens is 1. The van der Waals surface area contributed by atoms with Crippen LogP contribution in [-0.4, -0.2) is 76.6 Å². The number of anilines is 1. The third-order valence-corrected chi connectivity index (χ3v) is 8.24. The number of rotatable bonds is 7. The van der Waals surface area contributed by atoms with Gasteiger partial charge in [-0.1, -0.05) is 42.2 Å². The Hall–Kier alpha value is -4.57. The molecule has 1 fully saturated rings. The molecule has 204 valence electrons. The Kier molecular flexibility index (Phi) is 7.88. The van der Waals surface area contributed by atoms with Crippen molar-refractivity contribution in [2.24, 2.45) is 0 Å². The van der Waals surface area contributed by atoms with E-state index in [2.05, 4.69) is 54.2 Å². The quantitative estimate of drug-likeness (QED) is 0.294. The third kappa shape index (κ3) is 6.35. The maximum absolute atomic E-state index is 12.5. The number of carboxylic acid groups (broad SMARTS) is 1. The molecule has 0 aliphatic carbocycles. The normalized spacial score (nSPS) is 15.2. The lowest BCUT2D eigenvalue weighted by molar-refractivity contribution is -0.138. The summed E-state index contributed by atoms with van der Waals surface area (Å²) in [5, 5.41) is 25.1. The molecular formula is C28H27N7O4S. The molecule has 3 aromatic carbocycles. The molecule has 1 aliphatic heterocycles. The van der Waals surface area contributed by atoms with Gasteiger partial charge in [-0.25, -0.2) is 0 Å². The first kappa shape index (κ1) is 27.0. The minimum Gasteiger partial charge on any atom is -0.480 e. The zero-order chi connectivity index (χ0) is 28.1. The van der Waals surface area contributed by atoms with Gasteiger partial charge >= 0.3 is 5.97 Å². The number of fused-ring (bicyclic) bond motifs is 1. The first-order valence-electron chi connectivity index (χ1n) is 12.6. The van der Waals surface area contributed by atoms with Crippen LogP contribution in [0.1, 0.15) is 29.4 Å². The molecule has 40 heavy (non-hydrogen) atoms. The van der Waals surface area contributed by atoms with Gasteiger partial charge in [-0.3, -0.25) is 4.79 Å². The summed E-state index contributed by atoms with van der Waals surface area (Å²) in [7, 11) is -3.86. The van der Waals surface area contributed by atoms with E-state index in [4.69, 9.17) is 5.11 Å². The van der Waals surface area contributed by atoms with E-state index in [1.54, 1.807) is 6.08 Å². The fourth-order valence-corrected chi connectivity index (χ4v) is 5.70. The molecule has 2 heterocycles. The van der Waals surface area contributed by atoms with Gasteiger partial charge in [0.25, 0.3) is 10.2 Å². The topological polar surface area (TPSA) is 144 Å². The second-order valence-corrected chi connectivity index (χ2v) is 11.0. The molecule has 0 unspecified atom stereocenters. The lowest BCUT2D eigenvalue weighted by Gasteiger charge is -2.35. The highest BCUT2D eigenvalue weighted by atomic mass is 32.2. The fraction of sp³-hybridized carbons (Fsp3) is 0.214. The van der Waals surface area contributed by atoms with Crippen LogP contribution < -0.4 is 9.62 Å². The van der Waals surface area contributed by atoms with Crippen LogP contribution in [0.15, 0.2) is 60.7 Å². The van der Waals surface area contributed by atoms with Gasteiger partial charge in [0.1, 0.15) is 6.04 Å². The number of carboxylic acids is 1. The summed E-state index contributed by atoms with van der Waals surface area (Å²) in [6.45, 7) is 2.81. The van der Waals surface area contributed by atoms with E-state index in [0.717, 1.165) is 33.2 Å². The van der Waals surface area contributed by atoms with Crippen molar-refractivity contribution in [3.63, 3.8) is 0 Å². The third-order valence-electron chi connectivity index (χ3n) is 6.55. The molecule has 0 saturated carbocycles. The standard InChI is InChI=1S/C28H27N7O4S/c1-20(28(36)37)31-40(38,39)35-17-15-34(16-18-35)25-12-8-21(9-13-25)5-6-22-7-10-23-3-2-4-24(26(23)19-22)11-14-27-29-32-33-30-27/h2-4,7-14,19-20,31H,15-18H2,1H3,(H,36,37)(H,29,30,32,33)/b14-11+/t20-/m1/s1. The summed E-state index contributed by atoms with van der Waals surface area (Å²) in [6.07, 6.45) is 3.75. The van der Waals surface area contributed by atoms with Crippen LogP contribution in [0.25, 0.3) is 22.9 Å². The number of hydrogen-bond acceptors (Lipinski definition) is 7. The molecule has 0 amide bonds. The zero-order valence-electron chi connectivity index (χ0n) is 21.7. The van der Waals surface area contributed by atoms with Gasteiger partial charge in [-0.15, -0.1) is 10.2 Å². The Morgan fingerprint density at radius 3 is 2.45 bits per heavy atom. The van der Waals surface area contributed by atoms with Gasteiger partial charge in [0.05, 0.1) is 0 Å². The van der Waals surface area contributed by atoms with Crippen molar-refractivity contribution in [3.8, 4) is 11.8 Å². The highest BCUT2D eigenvalue weighted by molar-refractivity contribution is 7.87. The van der Waals surface area contributed by atoms with Gasteiger partial charge in [0.15, 0.2) is 5.82 Å². The Balaban J connectivity index is 1.24. The van der Waals surface area contributed by atoms with Crippen LogP contribution in [0, 0.1) is 11.8 Å². The summed E-state index contributed by atoms with van der Waals surface area (Å²) in [4.78, 5) is 13.1. The van der Waals surface area contributed by atoms with E-state index >= 15 is 0 Å². The predicted octanol–water partition coefficient (Wildman–Crippen LogP) is 2.35. The van der Waals surface area contributed by atoms with Crippen LogP contribution in [0.4, 0.5) is 5.69 Å². The molecule has 5 rings (SSSR count). The van der Waals surface area contributed by atoms with E-state index in [1.807, 2.05) is 54.6 Å². The number of aliphatic carboxylic acids is 1. The van der Waals surface area contributed by atoms with E-state index in [9.17, 15) is 13.2 Å². The van der Waals surface area contributed by atoms with Gasteiger partial charge in [-0.05, 0) is 70.9 Å². The molecule has 4 aromatic rings. The maximum atomic E-state index is 12.5. The molecule has 1 atom stereocenters. The van der Waals surface area contributed by atoms with Gasteiger partial charge in [0, 0.05) is 43.0 Å². The van der Waals surface area contributed by atoms with Crippen molar-refractivity contribution in [1.82, 2.24) is 29.7 Å². The number of benzene rings is 3. The number of tetrazole rings is 1. The van der Waals surface area contributed by atoms with Crippen LogP contribution in [0.5, 0.6) is 0 Å². The highest BCUT2D eigenvalue weighted by Crippen LogP contribution is 2.22. The molecule has 0 bridgehead atoms. The van der Waals surface area contributed by atoms with E-state index in [0.29, 0.717) is 18.9 Å². The average molecular weight is 558 g/mol. The predicted molar refractivity (Wildman–Crippen MR) is 152 cm³/mol. The second-order valence-electron chi connectivity index (χ2n) is 9.25. The number of aromatic nitrogens is 4. The molecule has 1 saturated heterocycles. The number of nitrogens with zero attached hydrogens (tertiary/aromatic N) is 5. The van der Waals surface area contributed by atoms with E-state index in [-0.39, 0.29) is 13.1 Å². The molecule has 0 spiro atoms. The van der Waals surface area contributed by atoms with Gasteiger partial charge in [0.2, 0.25) is 0 Å². The summed E-state index contributed by atoms with van der Waals surface area (Å²) in [5.41, 5.74) is 3.75. The van der Waals surface area contributed by atoms with Crippen LogP contribution in [0.3, 0.4) is 0 Å². The molecule has 1 aromatic heterocycles. The number of piperazine rings is 1. The first-order chi connectivity index (χ1) is 19.3. The molecule has 11 nitrogen and oxygen atoms in total. The Morgan fingerprint density at radius 1 is 1.02 bits per heavy atom. The van der Waals surface area contributed by atoms with Crippen molar-refractivity contribution < 1.29 is 18.3 Å². The van der Waals surface area contributed by atoms with Crippen molar-refractivity contribution >= 4 is 44.8 Å². The zero-order valence-corrected chi connectivity index (χ0v) is 22.5. The first-order valence-corrected chi connectivity index (χ1v) is 14.0. The molecule has 12 heteroatoms. The summed E-state index contributed by atoms with van der Waals surface area (Å²) in [5.74, 6) is 5.75. The van der Waals surface area contributed by atoms with Crippen molar-refractivity contribution in [2.45, 2.75) is 13.0 Å². The molecular weight excluding hydrogens is 530 g/mol. The minimum atomic E-state index is -3.86. The van der Waals surface area contributed by atoms with E-state index < -0.39 is 22.2 Å². The molecule has 1 aliphatic rings. The second kappa shape index (κ2) is 11.7. The van der Waals surface area contributed by atoms with E-state index in [1.165, 1.54) is 11.2 Å². The van der Waals surface area contributed by atoms with Crippen molar-refractivity contribution in [1.29, 1.82) is 0 Å². The fourth-order valence-electron chi connectivity index (χ4n) is 4.36. The Labute approximate surface area is 231 Å². The van der Waals surface area contributed by atoms with Crippen molar-refractivity contribution in [2.75, 3.05) is 31.1 Å². The Morgan fingerprint density at radius 2 is 1.75 bits per heavy atom. The number of hydrogen-bond donors (Lipinski definition) is 3. The monoisotopic (exact) mass is 557 g/mol. The maximum Gasteiger partial charge on any atom is 0.321 e. The lowest BCUT2D eigenvalue weighted by Crippen LogP contribution is -2.54. The summed E-state index contributed by atoms with van der Waals surface area (Å²) >= 11 is 0. The number of nitrogens with one attached hydrogen (secondary N) is 2. The van der Waals surface area contributed by atoms with Crippen molar-refractivity contribution in [3.05, 3.63) is 83.2 Å². The van der Waals surface area contributed by atoms with Gasteiger partial charge in [-0.2, -0.15) is 22.7 Å².